The number of aromatic nitrogens is 3. The molecule has 2 heterocycles. The van der Waals surface area contributed by atoms with E-state index in [2.05, 4.69) is 10.1 Å². The second-order valence-corrected chi connectivity index (χ2v) is 5.27. The predicted octanol–water partition coefficient (Wildman–Crippen LogP) is 2.08. The van der Waals surface area contributed by atoms with Gasteiger partial charge in [-0.25, -0.2) is 4.79 Å². The van der Waals surface area contributed by atoms with E-state index < -0.39 is 16.5 Å². The standard InChI is InChI=1S/C16H14N4O5/c1-3-25-16(22)14-9(2)18-19-13(21)8-12(17-15(14)19)10-5-4-6-11(7-10)20(23)24/h4-8,17H,3H2,1-2H3. The van der Waals surface area contributed by atoms with Crippen molar-refractivity contribution in [3.05, 3.63) is 62.1 Å². The first-order chi connectivity index (χ1) is 11.9. The van der Waals surface area contributed by atoms with Gasteiger partial charge in [-0.1, -0.05) is 12.1 Å². The molecule has 0 spiro atoms. The Morgan fingerprint density at radius 2 is 2.16 bits per heavy atom. The summed E-state index contributed by atoms with van der Waals surface area (Å²) in [4.78, 5) is 37.9. The number of aromatic amines is 1. The molecule has 9 nitrogen and oxygen atoms in total. The molecule has 1 N–H and O–H groups in total. The minimum Gasteiger partial charge on any atom is -0.462 e. The maximum absolute atomic E-state index is 12.3. The fourth-order valence-corrected chi connectivity index (χ4v) is 2.54. The maximum Gasteiger partial charge on any atom is 0.343 e. The van der Waals surface area contributed by atoms with Crippen LogP contribution in [0.15, 0.2) is 35.1 Å². The van der Waals surface area contributed by atoms with Crippen LogP contribution in [0.25, 0.3) is 16.9 Å². The molecular weight excluding hydrogens is 328 g/mol. The third kappa shape index (κ3) is 2.87. The average molecular weight is 342 g/mol. The zero-order chi connectivity index (χ0) is 18.1. The monoisotopic (exact) mass is 342 g/mol. The lowest BCUT2D eigenvalue weighted by Crippen LogP contribution is -2.15. The van der Waals surface area contributed by atoms with Gasteiger partial charge in [0, 0.05) is 23.8 Å². The summed E-state index contributed by atoms with van der Waals surface area (Å²) in [6, 6.07) is 7.11. The molecule has 0 aliphatic carbocycles. The molecule has 25 heavy (non-hydrogen) atoms. The lowest BCUT2D eigenvalue weighted by molar-refractivity contribution is -0.384. The number of nitro groups is 1. The van der Waals surface area contributed by atoms with E-state index in [0.29, 0.717) is 17.0 Å². The molecule has 2 aromatic heterocycles. The first-order valence-electron chi connectivity index (χ1n) is 7.47. The third-order valence-electron chi connectivity index (χ3n) is 3.64. The SMILES string of the molecule is CCOC(=O)c1c(C)nn2c(=O)cc(-c3cccc([N+](=O)[O-])c3)[nH]c12. The summed E-state index contributed by atoms with van der Waals surface area (Å²) in [6.45, 7) is 3.46. The Morgan fingerprint density at radius 1 is 1.40 bits per heavy atom. The zero-order valence-corrected chi connectivity index (χ0v) is 13.5. The largest absolute Gasteiger partial charge is 0.462 e. The Labute approximate surface area is 141 Å². The van der Waals surface area contributed by atoms with E-state index in [1.54, 1.807) is 19.9 Å². The molecule has 3 rings (SSSR count). The van der Waals surface area contributed by atoms with Gasteiger partial charge in [-0.15, -0.1) is 0 Å². The van der Waals surface area contributed by atoms with Gasteiger partial charge in [-0.3, -0.25) is 14.9 Å². The summed E-state index contributed by atoms with van der Waals surface area (Å²) in [5.41, 5.74) is 0.913. The molecule has 0 fully saturated rings. The molecule has 128 valence electrons. The van der Waals surface area contributed by atoms with Gasteiger partial charge >= 0.3 is 5.97 Å². The van der Waals surface area contributed by atoms with Gasteiger partial charge in [0.15, 0.2) is 5.65 Å². The second kappa shape index (κ2) is 6.19. The number of ether oxygens (including phenoxy) is 1. The lowest BCUT2D eigenvalue weighted by Gasteiger charge is -2.05. The fourth-order valence-electron chi connectivity index (χ4n) is 2.54. The number of esters is 1. The van der Waals surface area contributed by atoms with Crippen LogP contribution >= 0.6 is 0 Å². The molecule has 0 aliphatic rings. The van der Waals surface area contributed by atoms with E-state index in [9.17, 15) is 19.7 Å². The fraction of sp³-hybridized carbons (Fsp3) is 0.188. The predicted molar refractivity (Wildman–Crippen MR) is 88.6 cm³/mol. The Balaban J connectivity index is 2.23. The van der Waals surface area contributed by atoms with Crippen molar-refractivity contribution < 1.29 is 14.5 Å². The number of benzene rings is 1. The van der Waals surface area contributed by atoms with E-state index in [0.717, 1.165) is 4.52 Å². The molecule has 0 aliphatic heterocycles. The number of H-pyrrole nitrogens is 1. The second-order valence-electron chi connectivity index (χ2n) is 5.27. The van der Waals surface area contributed by atoms with Crippen molar-refractivity contribution in [3.8, 4) is 11.3 Å². The smallest absolute Gasteiger partial charge is 0.343 e. The van der Waals surface area contributed by atoms with Gasteiger partial charge in [-0.2, -0.15) is 9.61 Å². The molecule has 0 amide bonds. The summed E-state index contributed by atoms with van der Waals surface area (Å²) in [6.07, 6.45) is 0. The highest BCUT2D eigenvalue weighted by Crippen LogP contribution is 2.23. The number of hydrogen-bond acceptors (Lipinski definition) is 6. The number of rotatable bonds is 4. The van der Waals surface area contributed by atoms with Crippen molar-refractivity contribution in [2.45, 2.75) is 13.8 Å². The van der Waals surface area contributed by atoms with Crippen molar-refractivity contribution in [2.75, 3.05) is 6.61 Å². The highest BCUT2D eigenvalue weighted by atomic mass is 16.6. The van der Waals surface area contributed by atoms with Gasteiger partial charge in [0.2, 0.25) is 0 Å². The number of aryl methyl sites for hydroxylation is 1. The Morgan fingerprint density at radius 3 is 2.84 bits per heavy atom. The van der Waals surface area contributed by atoms with Crippen molar-refractivity contribution >= 4 is 17.3 Å². The van der Waals surface area contributed by atoms with Gasteiger partial charge in [0.1, 0.15) is 5.56 Å². The van der Waals surface area contributed by atoms with E-state index in [4.69, 9.17) is 4.74 Å². The van der Waals surface area contributed by atoms with Crippen molar-refractivity contribution in [1.29, 1.82) is 0 Å². The van der Waals surface area contributed by atoms with Crippen LogP contribution < -0.4 is 5.56 Å². The highest BCUT2D eigenvalue weighted by molar-refractivity contribution is 5.97. The number of carbonyl (C=O) groups is 1. The van der Waals surface area contributed by atoms with Gasteiger partial charge in [0.05, 0.1) is 22.9 Å². The van der Waals surface area contributed by atoms with Crippen molar-refractivity contribution in [1.82, 2.24) is 14.6 Å². The molecule has 1 aromatic carbocycles. The van der Waals surface area contributed by atoms with Crippen LogP contribution in [0.4, 0.5) is 5.69 Å². The van der Waals surface area contributed by atoms with Crippen LogP contribution in [-0.4, -0.2) is 32.1 Å². The van der Waals surface area contributed by atoms with Crippen LogP contribution in [0.5, 0.6) is 0 Å². The molecular formula is C16H14N4O5. The van der Waals surface area contributed by atoms with Gasteiger partial charge in [0.25, 0.3) is 11.2 Å². The summed E-state index contributed by atoms with van der Waals surface area (Å²) < 4.78 is 6.08. The number of nitrogens with one attached hydrogen (secondary N) is 1. The number of hydrogen-bond donors (Lipinski definition) is 1. The number of nitro benzene ring substituents is 1. The van der Waals surface area contributed by atoms with Gasteiger partial charge < -0.3 is 9.72 Å². The summed E-state index contributed by atoms with van der Waals surface area (Å²) in [5, 5.41) is 15.0. The molecule has 0 radical (unpaired) electrons. The third-order valence-corrected chi connectivity index (χ3v) is 3.64. The van der Waals surface area contributed by atoms with Crippen LogP contribution in [-0.2, 0) is 4.74 Å². The minimum atomic E-state index is -0.596. The molecule has 3 aromatic rings. The van der Waals surface area contributed by atoms with E-state index in [1.807, 2.05) is 0 Å². The van der Waals surface area contributed by atoms with Crippen molar-refractivity contribution in [2.24, 2.45) is 0 Å². The molecule has 9 heteroatoms. The number of carbonyl (C=O) groups excluding carboxylic acids is 1. The highest BCUT2D eigenvalue weighted by Gasteiger charge is 2.21. The quantitative estimate of drug-likeness (QED) is 0.440. The Bertz CT molecular complexity index is 1050. The molecule has 0 bridgehead atoms. The maximum atomic E-state index is 12.3. The van der Waals surface area contributed by atoms with Crippen molar-refractivity contribution in [3.63, 3.8) is 0 Å². The summed E-state index contributed by atoms with van der Waals surface area (Å²) in [5.74, 6) is -0.596. The molecule has 0 saturated heterocycles. The first kappa shape index (κ1) is 16.4. The van der Waals surface area contributed by atoms with Crippen LogP contribution in [0.1, 0.15) is 23.0 Å². The topological polar surface area (TPSA) is 120 Å². The normalized spacial score (nSPS) is 10.8. The number of fused-ring (bicyclic) bond motifs is 1. The minimum absolute atomic E-state index is 0.103. The zero-order valence-electron chi connectivity index (χ0n) is 13.5. The van der Waals surface area contributed by atoms with Crippen LogP contribution in [0.2, 0.25) is 0 Å². The molecule has 0 atom stereocenters. The van der Waals surface area contributed by atoms with Gasteiger partial charge in [-0.05, 0) is 13.8 Å². The Kier molecular flexibility index (Phi) is 4.05. The summed E-state index contributed by atoms with van der Waals surface area (Å²) in [7, 11) is 0. The number of nitrogens with zero attached hydrogens (tertiary/aromatic N) is 3. The lowest BCUT2D eigenvalue weighted by atomic mass is 10.1. The molecule has 0 saturated carbocycles. The van der Waals surface area contributed by atoms with E-state index in [1.165, 1.54) is 24.3 Å². The molecule has 0 unspecified atom stereocenters. The average Bonchev–Trinajstić information content (AvgIpc) is 2.92. The van der Waals surface area contributed by atoms with Crippen LogP contribution in [0, 0.1) is 17.0 Å². The number of non-ortho nitro benzene ring substituents is 1. The Hall–Kier alpha value is -3.49. The first-order valence-corrected chi connectivity index (χ1v) is 7.47. The van der Waals surface area contributed by atoms with E-state index >= 15 is 0 Å². The summed E-state index contributed by atoms with van der Waals surface area (Å²) >= 11 is 0. The van der Waals surface area contributed by atoms with E-state index in [-0.39, 0.29) is 23.5 Å². The van der Waals surface area contributed by atoms with Crippen LogP contribution in [0.3, 0.4) is 0 Å².